The number of aliphatic hydroxyl groups is 2. The van der Waals surface area contributed by atoms with E-state index in [9.17, 15) is 5.11 Å². The van der Waals surface area contributed by atoms with E-state index in [-0.39, 0.29) is 19.0 Å². The number of nitrogens with two attached hydrogens (primary N) is 1. The van der Waals surface area contributed by atoms with Crippen molar-refractivity contribution in [2.24, 2.45) is 10.9 Å². The summed E-state index contributed by atoms with van der Waals surface area (Å²) in [5.41, 5.74) is 5.72. The van der Waals surface area contributed by atoms with Crippen LogP contribution in [0.3, 0.4) is 0 Å². The summed E-state index contributed by atoms with van der Waals surface area (Å²) in [5, 5.41) is 33.3. The van der Waals surface area contributed by atoms with E-state index in [1.54, 1.807) is 25.3 Å². The van der Waals surface area contributed by atoms with Gasteiger partial charge < -0.3 is 31.2 Å². The van der Waals surface area contributed by atoms with Crippen LogP contribution in [0.5, 0.6) is 5.75 Å². The zero-order chi connectivity index (χ0) is 15.2. The second kappa shape index (κ2) is 7.09. The van der Waals surface area contributed by atoms with Gasteiger partial charge in [-0.1, -0.05) is 5.16 Å². The minimum absolute atomic E-state index is 0.0104. The lowest BCUT2D eigenvalue weighted by atomic mass is 10.1. The van der Waals surface area contributed by atoms with Crippen LogP contribution in [0.4, 0.5) is 0 Å². The van der Waals surface area contributed by atoms with Crippen molar-refractivity contribution in [3.8, 4) is 5.75 Å². The molecule has 0 bridgehead atoms. The Morgan fingerprint density at radius 2 is 2.20 bits per heavy atom. The highest BCUT2D eigenvalue weighted by molar-refractivity contribution is 5.97. The molecule has 1 aromatic rings. The summed E-state index contributed by atoms with van der Waals surface area (Å²) in [6, 6.07) is 5.13. The number of methoxy groups -OCH3 is 1. The molecule has 0 aliphatic rings. The summed E-state index contributed by atoms with van der Waals surface area (Å²) in [5.74, 6) is 0.659. The van der Waals surface area contributed by atoms with Crippen LogP contribution in [-0.4, -0.2) is 47.1 Å². The maximum Gasteiger partial charge on any atom is 0.170 e. The molecule has 20 heavy (non-hydrogen) atoms. The molecule has 112 valence electrons. The Morgan fingerprint density at radius 3 is 2.75 bits per heavy atom. The first kappa shape index (κ1) is 16.2. The molecule has 0 saturated heterocycles. The van der Waals surface area contributed by atoms with Crippen molar-refractivity contribution in [1.29, 1.82) is 0 Å². The molecule has 0 aromatic heterocycles. The molecule has 1 unspecified atom stereocenters. The monoisotopic (exact) mass is 283 g/mol. The van der Waals surface area contributed by atoms with E-state index in [1.807, 2.05) is 0 Å². The SMILES string of the molecule is COc1ccc(/C(N)=N/O)cc1CNCC(C)(O)CO. The Morgan fingerprint density at radius 1 is 1.50 bits per heavy atom. The van der Waals surface area contributed by atoms with Gasteiger partial charge in [-0.05, 0) is 25.1 Å². The van der Waals surface area contributed by atoms with Gasteiger partial charge >= 0.3 is 0 Å². The minimum atomic E-state index is -1.18. The van der Waals surface area contributed by atoms with E-state index < -0.39 is 5.60 Å². The lowest BCUT2D eigenvalue weighted by Crippen LogP contribution is -2.40. The van der Waals surface area contributed by atoms with E-state index >= 15 is 0 Å². The van der Waals surface area contributed by atoms with E-state index in [2.05, 4.69) is 10.5 Å². The van der Waals surface area contributed by atoms with Crippen LogP contribution in [0.25, 0.3) is 0 Å². The normalized spacial score (nSPS) is 14.9. The van der Waals surface area contributed by atoms with Gasteiger partial charge in [0.15, 0.2) is 5.84 Å². The Labute approximate surface area is 117 Å². The summed E-state index contributed by atoms with van der Waals surface area (Å²) < 4.78 is 5.23. The number of hydrogen-bond acceptors (Lipinski definition) is 6. The Kier molecular flexibility index (Phi) is 5.75. The number of rotatable bonds is 7. The highest BCUT2D eigenvalue weighted by atomic mass is 16.5. The highest BCUT2D eigenvalue weighted by Gasteiger charge is 2.18. The van der Waals surface area contributed by atoms with Crippen LogP contribution < -0.4 is 15.8 Å². The fourth-order valence-electron chi connectivity index (χ4n) is 1.66. The highest BCUT2D eigenvalue weighted by Crippen LogP contribution is 2.20. The van der Waals surface area contributed by atoms with Crippen molar-refractivity contribution in [2.45, 2.75) is 19.1 Å². The van der Waals surface area contributed by atoms with E-state index in [1.165, 1.54) is 6.92 Å². The lowest BCUT2D eigenvalue weighted by molar-refractivity contribution is 0.00251. The number of ether oxygens (including phenoxy) is 1. The first-order chi connectivity index (χ1) is 9.43. The summed E-state index contributed by atoms with van der Waals surface area (Å²) in [6.45, 7) is 1.83. The molecule has 1 atom stereocenters. The zero-order valence-corrected chi connectivity index (χ0v) is 11.6. The lowest BCUT2D eigenvalue weighted by Gasteiger charge is -2.21. The standard InChI is InChI=1S/C13H21N3O4/c1-13(18,8-17)7-15-6-10-5-9(12(14)16-19)3-4-11(10)20-2/h3-5,15,17-19H,6-8H2,1-2H3,(H2,14,16). The van der Waals surface area contributed by atoms with Crippen LogP contribution in [0, 0.1) is 0 Å². The molecule has 0 radical (unpaired) electrons. The molecule has 0 amide bonds. The summed E-state index contributed by atoms with van der Waals surface area (Å²) >= 11 is 0. The third-order valence-electron chi connectivity index (χ3n) is 2.85. The second-order valence-electron chi connectivity index (χ2n) is 4.77. The summed E-state index contributed by atoms with van der Waals surface area (Å²) in [4.78, 5) is 0. The largest absolute Gasteiger partial charge is 0.496 e. The van der Waals surface area contributed by atoms with Crippen molar-refractivity contribution in [1.82, 2.24) is 5.32 Å². The maximum atomic E-state index is 9.69. The van der Waals surface area contributed by atoms with Gasteiger partial charge in [0.05, 0.1) is 19.3 Å². The van der Waals surface area contributed by atoms with E-state index in [0.29, 0.717) is 17.9 Å². The Bertz CT molecular complexity index is 475. The first-order valence-electron chi connectivity index (χ1n) is 6.12. The van der Waals surface area contributed by atoms with Gasteiger partial charge in [0.1, 0.15) is 5.75 Å². The number of nitrogens with one attached hydrogen (secondary N) is 1. The van der Waals surface area contributed by atoms with Crippen molar-refractivity contribution in [3.05, 3.63) is 29.3 Å². The van der Waals surface area contributed by atoms with Crippen molar-refractivity contribution < 1.29 is 20.2 Å². The van der Waals surface area contributed by atoms with Crippen LogP contribution in [0.15, 0.2) is 23.4 Å². The van der Waals surface area contributed by atoms with Crippen molar-refractivity contribution in [3.63, 3.8) is 0 Å². The maximum absolute atomic E-state index is 9.69. The van der Waals surface area contributed by atoms with Gasteiger partial charge in [0.2, 0.25) is 0 Å². The number of aliphatic hydroxyl groups excluding tert-OH is 1. The zero-order valence-electron chi connectivity index (χ0n) is 11.6. The first-order valence-corrected chi connectivity index (χ1v) is 6.12. The minimum Gasteiger partial charge on any atom is -0.496 e. The van der Waals surface area contributed by atoms with Gasteiger partial charge in [-0.15, -0.1) is 0 Å². The number of oxime groups is 1. The smallest absolute Gasteiger partial charge is 0.170 e. The molecule has 1 aromatic carbocycles. The molecule has 0 aliphatic heterocycles. The molecular weight excluding hydrogens is 262 g/mol. The molecule has 0 saturated carbocycles. The second-order valence-corrected chi connectivity index (χ2v) is 4.77. The molecular formula is C13H21N3O4. The third kappa shape index (κ3) is 4.37. The van der Waals surface area contributed by atoms with Crippen LogP contribution in [-0.2, 0) is 6.54 Å². The fourth-order valence-corrected chi connectivity index (χ4v) is 1.66. The quantitative estimate of drug-likeness (QED) is 0.201. The summed E-state index contributed by atoms with van der Waals surface area (Å²) in [6.07, 6.45) is 0. The Balaban J connectivity index is 2.81. The number of nitrogens with zero attached hydrogens (tertiary/aromatic N) is 1. The van der Waals surface area contributed by atoms with Crippen LogP contribution >= 0.6 is 0 Å². The predicted molar refractivity (Wildman–Crippen MR) is 74.9 cm³/mol. The van der Waals surface area contributed by atoms with Crippen LogP contribution in [0.1, 0.15) is 18.1 Å². The van der Waals surface area contributed by atoms with Gasteiger partial charge in [-0.25, -0.2) is 0 Å². The molecule has 0 aliphatic carbocycles. The fraction of sp³-hybridized carbons (Fsp3) is 0.462. The number of amidine groups is 1. The van der Waals surface area contributed by atoms with Gasteiger partial charge in [-0.3, -0.25) is 0 Å². The van der Waals surface area contributed by atoms with Gasteiger partial charge in [-0.2, -0.15) is 0 Å². The molecule has 6 N–H and O–H groups in total. The third-order valence-corrected chi connectivity index (χ3v) is 2.85. The average molecular weight is 283 g/mol. The molecule has 0 heterocycles. The summed E-state index contributed by atoms with van der Waals surface area (Å²) in [7, 11) is 1.55. The Hall–Kier alpha value is -1.83. The van der Waals surface area contributed by atoms with Crippen molar-refractivity contribution >= 4 is 5.84 Å². The average Bonchev–Trinajstić information content (AvgIpc) is 2.46. The molecule has 1 rings (SSSR count). The molecule has 0 fully saturated rings. The van der Waals surface area contributed by atoms with Gasteiger partial charge in [0.25, 0.3) is 0 Å². The number of benzene rings is 1. The van der Waals surface area contributed by atoms with E-state index in [4.69, 9.17) is 20.8 Å². The topological polar surface area (TPSA) is 120 Å². The van der Waals surface area contributed by atoms with E-state index in [0.717, 1.165) is 5.56 Å². The predicted octanol–water partition coefficient (Wildman–Crippen LogP) is -0.377. The van der Waals surface area contributed by atoms with Crippen LogP contribution in [0.2, 0.25) is 0 Å². The molecule has 7 nitrogen and oxygen atoms in total. The molecule has 0 spiro atoms. The molecule has 7 heteroatoms. The van der Waals surface area contributed by atoms with Gasteiger partial charge in [0, 0.05) is 24.2 Å². The number of hydrogen-bond donors (Lipinski definition) is 5. The van der Waals surface area contributed by atoms with Crippen molar-refractivity contribution in [2.75, 3.05) is 20.3 Å².